The average molecular weight is 491 g/mol. The highest BCUT2D eigenvalue weighted by Gasteiger charge is 2.43. The molecule has 0 saturated carbocycles. The van der Waals surface area contributed by atoms with Crippen LogP contribution in [0.2, 0.25) is 0 Å². The van der Waals surface area contributed by atoms with Gasteiger partial charge in [0.1, 0.15) is 12.2 Å². The Morgan fingerprint density at radius 2 is 1.74 bits per heavy atom. The van der Waals surface area contributed by atoms with E-state index in [9.17, 15) is 14.4 Å². The SMILES string of the molecule is CCCCCCN(C(=O)OCc1ccccc1)[C@@H]1CCN(C(=O)OC(C)(C)C)C[C@H]1C(=O)OCC. The number of hydrogen-bond donors (Lipinski definition) is 0. The maximum atomic E-state index is 13.3. The smallest absolute Gasteiger partial charge is 0.410 e. The molecule has 196 valence electrons. The zero-order chi connectivity index (χ0) is 25.8. The molecule has 2 rings (SSSR count). The molecule has 2 amide bonds. The number of esters is 1. The van der Waals surface area contributed by atoms with Crippen LogP contribution in [-0.4, -0.2) is 65.8 Å². The lowest BCUT2D eigenvalue weighted by atomic mass is 9.90. The monoisotopic (exact) mass is 490 g/mol. The highest BCUT2D eigenvalue weighted by Crippen LogP contribution is 2.27. The van der Waals surface area contributed by atoms with Gasteiger partial charge >= 0.3 is 18.2 Å². The topological polar surface area (TPSA) is 85.4 Å². The van der Waals surface area contributed by atoms with Gasteiger partial charge in [0.25, 0.3) is 0 Å². The first-order chi connectivity index (χ1) is 16.7. The molecule has 1 saturated heterocycles. The number of piperidine rings is 1. The summed E-state index contributed by atoms with van der Waals surface area (Å²) in [4.78, 5) is 42.1. The second-order valence-electron chi connectivity index (χ2n) is 9.94. The predicted molar refractivity (Wildman–Crippen MR) is 134 cm³/mol. The number of likely N-dealkylation sites (tertiary alicyclic amines) is 1. The van der Waals surface area contributed by atoms with E-state index in [-0.39, 0.29) is 19.8 Å². The fraction of sp³-hybridized carbons (Fsp3) is 0.667. The van der Waals surface area contributed by atoms with Gasteiger partial charge in [0, 0.05) is 19.6 Å². The Bertz CT molecular complexity index is 808. The average Bonchev–Trinajstić information content (AvgIpc) is 2.82. The molecule has 1 aromatic carbocycles. The summed E-state index contributed by atoms with van der Waals surface area (Å²) in [5.74, 6) is -1.09. The summed E-state index contributed by atoms with van der Waals surface area (Å²) in [7, 11) is 0. The van der Waals surface area contributed by atoms with Crippen molar-refractivity contribution in [3.05, 3.63) is 35.9 Å². The van der Waals surface area contributed by atoms with E-state index >= 15 is 0 Å². The Kier molecular flexibility index (Phi) is 11.3. The molecule has 1 aliphatic heterocycles. The fourth-order valence-electron chi connectivity index (χ4n) is 4.19. The lowest BCUT2D eigenvalue weighted by Crippen LogP contribution is -2.57. The third kappa shape index (κ3) is 9.42. The standard InChI is InChI=1S/C27H42N2O6/c1-6-8-9-13-17-29(26(32)34-20-21-14-11-10-12-15-21)23-16-18-28(25(31)35-27(3,4)5)19-22(23)24(30)33-7-2/h10-12,14-15,22-23H,6-9,13,16-20H2,1-5H3/t22-,23-/m1/s1. The maximum Gasteiger partial charge on any atom is 0.410 e. The lowest BCUT2D eigenvalue weighted by molar-refractivity contribution is -0.152. The molecule has 0 spiro atoms. The molecule has 0 N–H and O–H groups in total. The molecular formula is C27H42N2O6. The Labute approximate surface area is 209 Å². The Balaban J connectivity index is 2.20. The van der Waals surface area contributed by atoms with Crippen LogP contribution in [0.25, 0.3) is 0 Å². The number of amides is 2. The minimum absolute atomic E-state index is 0.135. The zero-order valence-corrected chi connectivity index (χ0v) is 22.0. The molecule has 0 radical (unpaired) electrons. The number of benzene rings is 1. The number of hydrogen-bond acceptors (Lipinski definition) is 6. The van der Waals surface area contributed by atoms with Crippen molar-refractivity contribution in [2.75, 3.05) is 26.2 Å². The van der Waals surface area contributed by atoms with Crippen molar-refractivity contribution < 1.29 is 28.6 Å². The van der Waals surface area contributed by atoms with Crippen LogP contribution in [0.3, 0.4) is 0 Å². The number of carbonyl (C=O) groups is 3. The maximum absolute atomic E-state index is 13.3. The van der Waals surface area contributed by atoms with E-state index in [1.807, 2.05) is 30.3 Å². The molecule has 0 aliphatic carbocycles. The molecule has 1 aromatic rings. The lowest BCUT2D eigenvalue weighted by Gasteiger charge is -2.42. The van der Waals surface area contributed by atoms with E-state index in [1.165, 1.54) is 4.90 Å². The van der Waals surface area contributed by atoms with E-state index in [2.05, 4.69) is 6.92 Å². The van der Waals surface area contributed by atoms with E-state index < -0.39 is 35.7 Å². The summed E-state index contributed by atoms with van der Waals surface area (Å²) >= 11 is 0. The van der Waals surface area contributed by atoms with Gasteiger partial charge in [0.05, 0.1) is 18.6 Å². The first-order valence-corrected chi connectivity index (χ1v) is 12.8. The predicted octanol–water partition coefficient (Wildman–Crippen LogP) is 5.39. The van der Waals surface area contributed by atoms with Crippen LogP contribution in [-0.2, 0) is 25.6 Å². The molecule has 0 unspecified atom stereocenters. The summed E-state index contributed by atoms with van der Waals surface area (Å²) < 4.78 is 16.5. The number of nitrogens with zero attached hydrogens (tertiary/aromatic N) is 2. The first kappa shape index (κ1) is 28.5. The van der Waals surface area contributed by atoms with Crippen LogP contribution >= 0.6 is 0 Å². The first-order valence-electron chi connectivity index (χ1n) is 12.8. The van der Waals surface area contributed by atoms with Crippen molar-refractivity contribution in [1.82, 2.24) is 9.80 Å². The highest BCUT2D eigenvalue weighted by atomic mass is 16.6. The van der Waals surface area contributed by atoms with E-state index in [0.717, 1.165) is 31.2 Å². The molecule has 2 atom stereocenters. The molecule has 8 nitrogen and oxygen atoms in total. The second-order valence-corrected chi connectivity index (χ2v) is 9.94. The van der Waals surface area contributed by atoms with Crippen LogP contribution in [0.5, 0.6) is 0 Å². The molecule has 1 fully saturated rings. The third-order valence-corrected chi connectivity index (χ3v) is 5.91. The van der Waals surface area contributed by atoms with Crippen molar-refractivity contribution >= 4 is 18.2 Å². The van der Waals surface area contributed by atoms with Crippen molar-refractivity contribution in [2.45, 2.75) is 85.0 Å². The molecule has 0 aromatic heterocycles. The van der Waals surface area contributed by atoms with E-state index in [1.54, 1.807) is 32.6 Å². The summed E-state index contributed by atoms with van der Waals surface area (Å²) in [6.07, 6.45) is 3.48. The molecule has 1 aliphatic rings. The van der Waals surface area contributed by atoms with Gasteiger partial charge in [-0.05, 0) is 46.1 Å². The molecule has 0 bridgehead atoms. The minimum Gasteiger partial charge on any atom is -0.466 e. The summed E-state index contributed by atoms with van der Waals surface area (Å²) in [6.45, 7) is 10.7. The molecule has 1 heterocycles. The van der Waals surface area contributed by atoms with Crippen LogP contribution in [0.15, 0.2) is 30.3 Å². The second kappa shape index (κ2) is 14.0. The Hall–Kier alpha value is -2.77. The van der Waals surface area contributed by atoms with Crippen molar-refractivity contribution in [1.29, 1.82) is 0 Å². The van der Waals surface area contributed by atoms with Gasteiger partial charge in [0.2, 0.25) is 0 Å². The van der Waals surface area contributed by atoms with Crippen molar-refractivity contribution in [2.24, 2.45) is 5.92 Å². The molecular weight excluding hydrogens is 448 g/mol. The quantitative estimate of drug-likeness (QED) is 0.248. The van der Waals surface area contributed by atoms with Gasteiger partial charge in [-0.15, -0.1) is 0 Å². The van der Waals surface area contributed by atoms with Crippen LogP contribution < -0.4 is 0 Å². The number of ether oxygens (including phenoxy) is 3. The number of rotatable bonds is 10. The zero-order valence-electron chi connectivity index (χ0n) is 22.0. The number of unbranched alkanes of at least 4 members (excludes halogenated alkanes) is 3. The normalized spacial score (nSPS) is 18.0. The summed E-state index contributed by atoms with van der Waals surface area (Å²) in [5.41, 5.74) is 0.258. The summed E-state index contributed by atoms with van der Waals surface area (Å²) in [6, 6.07) is 9.09. The Morgan fingerprint density at radius 1 is 1.03 bits per heavy atom. The largest absolute Gasteiger partial charge is 0.466 e. The van der Waals surface area contributed by atoms with Crippen LogP contribution in [0, 0.1) is 5.92 Å². The summed E-state index contributed by atoms with van der Waals surface area (Å²) in [5, 5.41) is 0. The van der Waals surface area contributed by atoms with Crippen LogP contribution in [0.4, 0.5) is 9.59 Å². The highest BCUT2D eigenvalue weighted by molar-refractivity contribution is 5.77. The van der Waals surface area contributed by atoms with Gasteiger partial charge in [-0.2, -0.15) is 0 Å². The minimum atomic E-state index is -0.674. The molecule has 35 heavy (non-hydrogen) atoms. The van der Waals surface area contributed by atoms with Crippen LogP contribution in [0.1, 0.15) is 72.3 Å². The van der Waals surface area contributed by atoms with Gasteiger partial charge in [-0.25, -0.2) is 9.59 Å². The van der Waals surface area contributed by atoms with E-state index in [0.29, 0.717) is 19.5 Å². The van der Waals surface area contributed by atoms with Gasteiger partial charge in [-0.3, -0.25) is 4.79 Å². The third-order valence-electron chi connectivity index (χ3n) is 5.91. The van der Waals surface area contributed by atoms with Gasteiger partial charge in [0.15, 0.2) is 0 Å². The van der Waals surface area contributed by atoms with Crippen molar-refractivity contribution in [3.63, 3.8) is 0 Å². The Morgan fingerprint density at radius 3 is 2.37 bits per heavy atom. The number of carbonyl (C=O) groups excluding carboxylic acids is 3. The van der Waals surface area contributed by atoms with Gasteiger partial charge in [-0.1, -0.05) is 56.5 Å². The van der Waals surface area contributed by atoms with Crippen molar-refractivity contribution in [3.8, 4) is 0 Å². The van der Waals surface area contributed by atoms with Gasteiger partial charge < -0.3 is 24.0 Å². The van der Waals surface area contributed by atoms with E-state index in [4.69, 9.17) is 14.2 Å². The molecule has 8 heteroatoms. The fourth-order valence-corrected chi connectivity index (χ4v) is 4.19.